The fourth-order valence-corrected chi connectivity index (χ4v) is 1.37. The van der Waals surface area contributed by atoms with E-state index in [1.807, 2.05) is 18.2 Å². The SMILES string of the molecule is COc1ccc(Cl)c(CCCN)c1. The maximum absolute atomic E-state index is 5.99. The van der Waals surface area contributed by atoms with Crippen molar-refractivity contribution in [3.63, 3.8) is 0 Å². The summed E-state index contributed by atoms with van der Waals surface area (Å²) >= 11 is 5.99. The lowest BCUT2D eigenvalue weighted by Gasteiger charge is -2.05. The lowest BCUT2D eigenvalue weighted by molar-refractivity contribution is 0.414. The zero-order valence-electron chi connectivity index (χ0n) is 7.72. The fraction of sp³-hybridized carbons (Fsp3) is 0.400. The molecule has 0 aliphatic heterocycles. The van der Waals surface area contributed by atoms with E-state index in [-0.39, 0.29) is 0 Å². The van der Waals surface area contributed by atoms with E-state index >= 15 is 0 Å². The van der Waals surface area contributed by atoms with Crippen LogP contribution in [-0.4, -0.2) is 13.7 Å². The minimum Gasteiger partial charge on any atom is -0.497 e. The highest BCUT2D eigenvalue weighted by Gasteiger charge is 2.01. The third kappa shape index (κ3) is 2.90. The quantitative estimate of drug-likeness (QED) is 0.808. The average molecular weight is 200 g/mol. The van der Waals surface area contributed by atoms with Crippen LogP contribution in [0.3, 0.4) is 0 Å². The van der Waals surface area contributed by atoms with Gasteiger partial charge in [0.05, 0.1) is 7.11 Å². The van der Waals surface area contributed by atoms with Crippen molar-refractivity contribution >= 4 is 11.6 Å². The second-order valence-corrected chi connectivity index (χ2v) is 3.26. The Morgan fingerprint density at radius 1 is 1.46 bits per heavy atom. The summed E-state index contributed by atoms with van der Waals surface area (Å²) in [4.78, 5) is 0. The first kappa shape index (κ1) is 10.4. The number of aryl methyl sites for hydroxylation is 1. The predicted octanol–water partition coefficient (Wildman–Crippen LogP) is 2.24. The van der Waals surface area contributed by atoms with Gasteiger partial charge in [-0.2, -0.15) is 0 Å². The van der Waals surface area contributed by atoms with Crippen LogP contribution in [0, 0.1) is 0 Å². The van der Waals surface area contributed by atoms with Gasteiger partial charge < -0.3 is 10.5 Å². The lowest BCUT2D eigenvalue weighted by atomic mass is 10.1. The largest absolute Gasteiger partial charge is 0.497 e. The summed E-state index contributed by atoms with van der Waals surface area (Å²) in [6.45, 7) is 0.688. The summed E-state index contributed by atoms with van der Waals surface area (Å²) in [5, 5.41) is 0.786. The van der Waals surface area contributed by atoms with Crippen LogP contribution < -0.4 is 10.5 Å². The summed E-state index contributed by atoms with van der Waals surface area (Å²) in [5.74, 6) is 0.844. The Hall–Kier alpha value is -0.730. The van der Waals surface area contributed by atoms with Crippen LogP contribution in [0.5, 0.6) is 5.75 Å². The molecule has 0 fully saturated rings. The maximum Gasteiger partial charge on any atom is 0.119 e. The molecule has 13 heavy (non-hydrogen) atoms. The van der Waals surface area contributed by atoms with E-state index in [1.54, 1.807) is 7.11 Å². The molecule has 0 radical (unpaired) electrons. The second kappa shape index (κ2) is 5.10. The van der Waals surface area contributed by atoms with Gasteiger partial charge in [0.25, 0.3) is 0 Å². The minimum atomic E-state index is 0.688. The first-order valence-corrected chi connectivity index (χ1v) is 4.68. The molecule has 0 spiro atoms. The molecular formula is C10H14ClNO. The molecule has 0 aliphatic carbocycles. The van der Waals surface area contributed by atoms with E-state index in [0.717, 1.165) is 29.2 Å². The Balaban J connectivity index is 2.78. The van der Waals surface area contributed by atoms with Crippen molar-refractivity contribution in [2.45, 2.75) is 12.8 Å². The van der Waals surface area contributed by atoms with Crippen LogP contribution in [0.1, 0.15) is 12.0 Å². The van der Waals surface area contributed by atoms with Crippen LogP contribution >= 0.6 is 11.6 Å². The van der Waals surface area contributed by atoms with E-state index in [1.165, 1.54) is 0 Å². The van der Waals surface area contributed by atoms with Gasteiger partial charge in [0.2, 0.25) is 0 Å². The number of benzene rings is 1. The third-order valence-corrected chi connectivity index (χ3v) is 2.27. The highest BCUT2D eigenvalue weighted by atomic mass is 35.5. The molecule has 1 rings (SSSR count). The number of halogens is 1. The molecule has 1 aromatic carbocycles. The van der Waals surface area contributed by atoms with Crippen LogP contribution in [0.15, 0.2) is 18.2 Å². The second-order valence-electron chi connectivity index (χ2n) is 2.85. The van der Waals surface area contributed by atoms with E-state index < -0.39 is 0 Å². The van der Waals surface area contributed by atoms with Crippen LogP contribution in [0.25, 0.3) is 0 Å². The van der Waals surface area contributed by atoms with E-state index in [4.69, 9.17) is 22.1 Å². The van der Waals surface area contributed by atoms with Gasteiger partial charge in [-0.25, -0.2) is 0 Å². The number of hydrogen-bond donors (Lipinski definition) is 1. The molecule has 0 heterocycles. The molecule has 0 atom stereocenters. The molecule has 0 aliphatic rings. The molecule has 0 aromatic heterocycles. The standard InChI is InChI=1S/C10H14ClNO/c1-13-9-4-5-10(11)8(7-9)3-2-6-12/h4-5,7H,2-3,6,12H2,1H3. The van der Waals surface area contributed by atoms with Crippen molar-refractivity contribution in [1.82, 2.24) is 0 Å². The molecular weight excluding hydrogens is 186 g/mol. The number of hydrogen-bond acceptors (Lipinski definition) is 2. The summed E-state index contributed by atoms with van der Waals surface area (Å²) < 4.78 is 5.10. The first-order chi connectivity index (χ1) is 6.27. The van der Waals surface area contributed by atoms with Crippen molar-refractivity contribution in [3.05, 3.63) is 28.8 Å². The highest BCUT2D eigenvalue weighted by Crippen LogP contribution is 2.22. The van der Waals surface area contributed by atoms with Gasteiger partial charge in [-0.3, -0.25) is 0 Å². The van der Waals surface area contributed by atoms with Crippen molar-refractivity contribution in [3.8, 4) is 5.75 Å². The van der Waals surface area contributed by atoms with Gasteiger partial charge in [0.15, 0.2) is 0 Å². The third-order valence-electron chi connectivity index (χ3n) is 1.90. The van der Waals surface area contributed by atoms with Crippen molar-refractivity contribution in [1.29, 1.82) is 0 Å². The number of methoxy groups -OCH3 is 1. The molecule has 0 bridgehead atoms. The zero-order valence-corrected chi connectivity index (χ0v) is 8.47. The van der Waals surface area contributed by atoms with Crippen LogP contribution in [0.4, 0.5) is 0 Å². The summed E-state index contributed by atoms with van der Waals surface area (Å²) in [6, 6.07) is 5.67. The Morgan fingerprint density at radius 2 is 2.23 bits per heavy atom. The summed E-state index contributed by atoms with van der Waals surface area (Å²) in [6.07, 6.45) is 1.86. The zero-order chi connectivity index (χ0) is 9.68. The Kier molecular flexibility index (Phi) is 4.06. The van der Waals surface area contributed by atoms with Crippen LogP contribution in [0.2, 0.25) is 5.02 Å². The number of ether oxygens (including phenoxy) is 1. The van der Waals surface area contributed by atoms with Gasteiger partial charge in [0.1, 0.15) is 5.75 Å². The van der Waals surface area contributed by atoms with E-state index in [9.17, 15) is 0 Å². The molecule has 2 N–H and O–H groups in total. The monoisotopic (exact) mass is 199 g/mol. The molecule has 0 amide bonds. The smallest absolute Gasteiger partial charge is 0.119 e. The number of nitrogens with two attached hydrogens (primary N) is 1. The van der Waals surface area contributed by atoms with Gasteiger partial charge in [-0.05, 0) is 43.1 Å². The Morgan fingerprint density at radius 3 is 2.85 bits per heavy atom. The fourth-order valence-electron chi connectivity index (χ4n) is 1.16. The van der Waals surface area contributed by atoms with Crippen molar-refractivity contribution in [2.24, 2.45) is 5.73 Å². The predicted molar refractivity (Wildman–Crippen MR) is 55.4 cm³/mol. The molecule has 1 aromatic rings. The molecule has 72 valence electrons. The molecule has 0 saturated carbocycles. The average Bonchev–Trinajstić information content (AvgIpc) is 2.17. The maximum atomic E-state index is 5.99. The van der Waals surface area contributed by atoms with E-state index in [0.29, 0.717) is 6.54 Å². The molecule has 3 heteroatoms. The minimum absolute atomic E-state index is 0.688. The Bertz CT molecular complexity index is 276. The topological polar surface area (TPSA) is 35.2 Å². The lowest BCUT2D eigenvalue weighted by Crippen LogP contribution is -2.00. The number of rotatable bonds is 4. The van der Waals surface area contributed by atoms with Gasteiger partial charge in [-0.15, -0.1) is 0 Å². The summed E-state index contributed by atoms with van der Waals surface area (Å²) in [7, 11) is 1.65. The molecule has 0 unspecified atom stereocenters. The summed E-state index contributed by atoms with van der Waals surface area (Å²) in [5.41, 5.74) is 6.53. The van der Waals surface area contributed by atoms with Gasteiger partial charge >= 0.3 is 0 Å². The van der Waals surface area contributed by atoms with Crippen LogP contribution in [-0.2, 0) is 6.42 Å². The van der Waals surface area contributed by atoms with E-state index in [2.05, 4.69) is 0 Å². The molecule has 2 nitrogen and oxygen atoms in total. The van der Waals surface area contributed by atoms with Crippen molar-refractivity contribution < 1.29 is 4.74 Å². The Labute approximate surface area is 83.6 Å². The van der Waals surface area contributed by atoms with Gasteiger partial charge in [-0.1, -0.05) is 11.6 Å². The first-order valence-electron chi connectivity index (χ1n) is 4.30. The molecule has 0 saturated heterocycles. The highest BCUT2D eigenvalue weighted by molar-refractivity contribution is 6.31. The van der Waals surface area contributed by atoms with Crippen molar-refractivity contribution in [2.75, 3.05) is 13.7 Å². The normalized spacial score (nSPS) is 10.1. The van der Waals surface area contributed by atoms with Gasteiger partial charge in [0, 0.05) is 5.02 Å².